The molecule has 294 valence electrons. The van der Waals surface area contributed by atoms with E-state index in [-0.39, 0.29) is 0 Å². The van der Waals surface area contributed by atoms with Crippen molar-refractivity contribution in [2.75, 3.05) is 0 Å². The third-order valence-electron chi connectivity index (χ3n) is 12.3. The first-order valence-corrected chi connectivity index (χ1v) is 22.0. The third kappa shape index (κ3) is 5.80. The molecule has 0 fully saturated rings. The highest BCUT2D eigenvalue weighted by Gasteiger charge is 2.20. The SMILES string of the molecule is c1ccc(-c2ccc3c4ccccc4n(-c4ccc5c6cc7c(cc6n(-c6cccc(-c8nc(-c9ccccc9)nc(-c9ccccc9)n8)c6)c5c4)sc4ccccc47)c3c2)cc1. The molecular formula is C57H35N5S. The van der Waals surface area contributed by atoms with Gasteiger partial charge in [-0.1, -0.05) is 158 Å². The summed E-state index contributed by atoms with van der Waals surface area (Å²) in [4.78, 5) is 15.2. The van der Waals surface area contributed by atoms with Gasteiger partial charge in [-0.3, -0.25) is 0 Å². The Labute approximate surface area is 366 Å². The molecule has 0 saturated heterocycles. The molecule has 0 spiro atoms. The van der Waals surface area contributed by atoms with Gasteiger partial charge in [0.2, 0.25) is 0 Å². The van der Waals surface area contributed by atoms with Crippen LogP contribution >= 0.6 is 11.3 Å². The number of thiophene rings is 1. The van der Waals surface area contributed by atoms with Gasteiger partial charge in [-0.15, -0.1) is 11.3 Å². The maximum absolute atomic E-state index is 5.11. The van der Waals surface area contributed by atoms with Crippen molar-refractivity contribution in [3.63, 3.8) is 0 Å². The maximum atomic E-state index is 5.11. The summed E-state index contributed by atoms with van der Waals surface area (Å²) in [6.07, 6.45) is 0. The van der Waals surface area contributed by atoms with Crippen LogP contribution in [0.4, 0.5) is 0 Å². The Hall–Kier alpha value is -8.19. The lowest BCUT2D eigenvalue weighted by Gasteiger charge is -2.13. The number of fused-ring (bicyclic) bond motifs is 9. The molecule has 0 radical (unpaired) electrons. The summed E-state index contributed by atoms with van der Waals surface area (Å²) in [5, 5.41) is 7.44. The second-order valence-electron chi connectivity index (χ2n) is 16.0. The van der Waals surface area contributed by atoms with E-state index in [0.29, 0.717) is 17.5 Å². The molecule has 0 unspecified atom stereocenters. The number of hydrogen-bond acceptors (Lipinski definition) is 4. The zero-order valence-electron chi connectivity index (χ0n) is 33.9. The quantitative estimate of drug-likeness (QED) is 0.168. The number of rotatable bonds is 6. The molecule has 5 nitrogen and oxygen atoms in total. The fourth-order valence-electron chi connectivity index (χ4n) is 9.42. The van der Waals surface area contributed by atoms with Crippen LogP contribution in [0.15, 0.2) is 212 Å². The average molecular weight is 822 g/mol. The molecule has 63 heavy (non-hydrogen) atoms. The maximum Gasteiger partial charge on any atom is 0.164 e. The zero-order chi connectivity index (χ0) is 41.4. The minimum absolute atomic E-state index is 0.623. The minimum atomic E-state index is 0.623. The van der Waals surface area contributed by atoms with E-state index in [1.807, 2.05) is 72.0 Å². The Morgan fingerprint density at radius 1 is 0.270 bits per heavy atom. The van der Waals surface area contributed by atoms with E-state index in [9.17, 15) is 0 Å². The van der Waals surface area contributed by atoms with Gasteiger partial charge in [0.05, 0.1) is 22.1 Å². The van der Waals surface area contributed by atoms with Crippen molar-refractivity contribution in [3.05, 3.63) is 212 Å². The number of benzene rings is 9. The molecule has 0 saturated carbocycles. The van der Waals surface area contributed by atoms with E-state index in [1.54, 1.807) is 0 Å². The smallest absolute Gasteiger partial charge is 0.164 e. The van der Waals surface area contributed by atoms with E-state index in [1.165, 1.54) is 63.9 Å². The van der Waals surface area contributed by atoms with Crippen LogP contribution in [-0.4, -0.2) is 24.1 Å². The summed E-state index contributed by atoms with van der Waals surface area (Å²) in [5.41, 5.74) is 11.9. The Kier molecular flexibility index (Phi) is 8.01. The van der Waals surface area contributed by atoms with Gasteiger partial charge in [0, 0.05) is 69.8 Å². The molecule has 0 amide bonds. The molecule has 13 rings (SSSR count). The van der Waals surface area contributed by atoms with Gasteiger partial charge >= 0.3 is 0 Å². The lowest BCUT2D eigenvalue weighted by molar-refractivity contribution is 1.07. The molecule has 0 aliphatic heterocycles. The van der Waals surface area contributed by atoms with E-state index in [0.717, 1.165) is 39.1 Å². The first kappa shape index (κ1) is 35.6. The molecule has 0 aliphatic rings. The standard InChI is InChI=1S/C57H35N5S/c1-4-15-36(16-5-1)39-27-29-44-43-23-10-12-25-49(43)61(50(44)32-39)42-28-30-45-47-34-48-46-24-11-13-26-53(46)63-54(48)35-52(47)62(51(45)33-42)41-22-14-21-40(31-41)57-59-55(37-17-6-2-7-18-37)58-56(60-57)38-19-8-3-9-20-38/h1-35H. The summed E-state index contributed by atoms with van der Waals surface area (Å²) in [7, 11) is 0. The van der Waals surface area contributed by atoms with Crippen molar-refractivity contribution in [1.82, 2.24) is 24.1 Å². The summed E-state index contributed by atoms with van der Waals surface area (Å²) in [5.74, 6) is 1.90. The summed E-state index contributed by atoms with van der Waals surface area (Å²) < 4.78 is 7.42. The van der Waals surface area contributed by atoms with Gasteiger partial charge in [-0.2, -0.15) is 0 Å². The first-order valence-electron chi connectivity index (χ1n) is 21.2. The van der Waals surface area contributed by atoms with E-state index in [2.05, 4.69) is 161 Å². The predicted molar refractivity (Wildman–Crippen MR) is 263 cm³/mol. The van der Waals surface area contributed by atoms with Gasteiger partial charge in [0.15, 0.2) is 17.5 Å². The number of nitrogens with zero attached hydrogens (tertiary/aromatic N) is 5. The van der Waals surface area contributed by atoms with E-state index >= 15 is 0 Å². The van der Waals surface area contributed by atoms with Crippen LogP contribution in [-0.2, 0) is 0 Å². The molecule has 0 atom stereocenters. The van der Waals surface area contributed by atoms with Crippen molar-refractivity contribution in [2.45, 2.75) is 0 Å². The molecule has 4 heterocycles. The number of aromatic nitrogens is 5. The van der Waals surface area contributed by atoms with Gasteiger partial charge in [0.25, 0.3) is 0 Å². The average Bonchev–Trinajstić information content (AvgIpc) is 4.00. The largest absolute Gasteiger partial charge is 0.309 e. The predicted octanol–water partition coefficient (Wildman–Crippen LogP) is 15.1. The molecule has 9 aromatic carbocycles. The fourth-order valence-corrected chi connectivity index (χ4v) is 10.5. The minimum Gasteiger partial charge on any atom is -0.309 e. The number of hydrogen-bond donors (Lipinski definition) is 0. The normalized spacial score (nSPS) is 11.8. The summed E-state index contributed by atoms with van der Waals surface area (Å²) in [6, 6.07) is 75.8. The fraction of sp³-hybridized carbons (Fsp3) is 0. The highest BCUT2D eigenvalue weighted by molar-refractivity contribution is 7.25. The Morgan fingerprint density at radius 3 is 1.54 bits per heavy atom. The van der Waals surface area contributed by atoms with Gasteiger partial charge in [-0.25, -0.2) is 15.0 Å². The topological polar surface area (TPSA) is 48.5 Å². The monoisotopic (exact) mass is 821 g/mol. The van der Waals surface area contributed by atoms with E-state index < -0.39 is 0 Å². The summed E-state index contributed by atoms with van der Waals surface area (Å²) in [6.45, 7) is 0. The molecule has 6 heteroatoms. The van der Waals surface area contributed by atoms with Gasteiger partial charge < -0.3 is 9.13 Å². The van der Waals surface area contributed by atoms with Crippen molar-refractivity contribution in [1.29, 1.82) is 0 Å². The van der Waals surface area contributed by atoms with Gasteiger partial charge in [0.1, 0.15) is 0 Å². The van der Waals surface area contributed by atoms with Gasteiger partial charge in [-0.05, 0) is 65.7 Å². The number of para-hydroxylation sites is 1. The molecule has 4 aromatic heterocycles. The first-order chi connectivity index (χ1) is 31.2. The third-order valence-corrected chi connectivity index (χ3v) is 13.5. The van der Waals surface area contributed by atoms with Crippen LogP contribution in [0, 0.1) is 0 Å². The van der Waals surface area contributed by atoms with Crippen molar-refractivity contribution >= 4 is 75.1 Å². The Morgan fingerprint density at radius 2 is 0.794 bits per heavy atom. The lowest BCUT2D eigenvalue weighted by Crippen LogP contribution is -2.01. The molecule has 0 aliphatic carbocycles. The van der Waals surface area contributed by atoms with Crippen LogP contribution in [0.5, 0.6) is 0 Å². The Balaban J connectivity index is 1.07. The molecular weight excluding hydrogens is 787 g/mol. The van der Waals surface area contributed by atoms with Crippen LogP contribution in [0.2, 0.25) is 0 Å². The Bertz CT molecular complexity index is 3850. The van der Waals surface area contributed by atoms with Crippen molar-refractivity contribution in [3.8, 4) is 56.7 Å². The lowest BCUT2D eigenvalue weighted by atomic mass is 10.0. The highest BCUT2D eigenvalue weighted by atomic mass is 32.1. The second kappa shape index (κ2) is 14.2. The van der Waals surface area contributed by atoms with Crippen LogP contribution < -0.4 is 0 Å². The molecule has 13 aromatic rings. The zero-order valence-corrected chi connectivity index (χ0v) is 34.7. The van der Waals surface area contributed by atoms with E-state index in [4.69, 9.17) is 15.0 Å². The van der Waals surface area contributed by atoms with Crippen LogP contribution in [0.25, 0.3) is 120 Å². The second-order valence-corrected chi connectivity index (χ2v) is 17.1. The summed E-state index contributed by atoms with van der Waals surface area (Å²) >= 11 is 1.85. The molecule has 0 bridgehead atoms. The van der Waals surface area contributed by atoms with Crippen molar-refractivity contribution in [2.24, 2.45) is 0 Å². The van der Waals surface area contributed by atoms with Crippen LogP contribution in [0.3, 0.4) is 0 Å². The highest BCUT2D eigenvalue weighted by Crippen LogP contribution is 2.43. The molecule has 0 N–H and O–H groups in total. The van der Waals surface area contributed by atoms with Crippen molar-refractivity contribution < 1.29 is 0 Å². The van der Waals surface area contributed by atoms with Crippen LogP contribution in [0.1, 0.15) is 0 Å².